The molecule has 0 heterocycles. The van der Waals surface area contributed by atoms with E-state index in [1.165, 1.54) is 31.2 Å². The van der Waals surface area contributed by atoms with E-state index in [1.807, 2.05) is 0 Å². The zero-order chi connectivity index (χ0) is 13.0. The Morgan fingerprint density at radius 3 is 2.29 bits per heavy atom. The van der Waals surface area contributed by atoms with Gasteiger partial charge in [0.2, 0.25) is 0 Å². The van der Waals surface area contributed by atoms with Gasteiger partial charge in [0, 0.05) is 5.02 Å². The Hall–Kier alpha value is -1.43. The molecular weight excluding hydrogens is 246 g/mol. The van der Waals surface area contributed by atoms with Gasteiger partial charge in [-0.15, -0.1) is 0 Å². The van der Waals surface area contributed by atoms with E-state index >= 15 is 0 Å². The molecule has 1 rings (SSSR count). The average Bonchev–Trinajstić information content (AvgIpc) is 2.28. The molecule has 0 amide bonds. The lowest BCUT2D eigenvalue weighted by Gasteiger charge is -2.10. The highest BCUT2D eigenvalue weighted by molar-refractivity contribution is 6.30. The predicted octanol–water partition coefficient (Wildman–Crippen LogP) is 0.790. The molecule has 0 radical (unpaired) electrons. The number of hydrogen-bond donors (Lipinski definition) is 2. The molecule has 0 fully saturated rings. The second kappa shape index (κ2) is 5.77. The molecule has 1 aromatic rings. The Morgan fingerprint density at radius 1 is 1.29 bits per heavy atom. The number of aliphatic hydroxyl groups excluding tert-OH is 1. The third-order valence-electron chi connectivity index (χ3n) is 1.98. The number of nitrogens with two attached hydrogens (primary N) is 1. The maximum absolute atomic E-state index is 11.4. The molecule has 0 aromatic heterocycles. The van der Waals surface area contributed by atoms with Gasteiger partial charge >= 0.3 is 11.9 Å². The Kier molecular flexibility index (Phi) is 4.62. The fraction of sp³-hybridized carbons (Fsp3) is 0.273. The van der Waals surface area contributed by atoms with Gasteiger partial charge < -0.3 is 15.6 Å². The van der Waals surface area contributed by atoms with Crippen molar-refractivity contribution in [3.05, 3.63) is 34.9 Å². The second-order valence-corrected chi connectivity index (χ2v) is 3.92. The molecule has 0 saturated heterocycles. The summed E-state index contributed by atoms with van der Waals surface area (Å²) in [5.41, 5.74) is 5.51. The molecule has 17 heavy (non-hydrogen) atoms. The molecule has 3 N–H and O–H groups in total. The van der Waals surface area contributed by atoms with E-state index < -0.39 is 24.1 Å². The highest BCUT2D eigenvalue weighted by Gasteiger charge is 2.23. The largest absolute Gasteiger partial charge is 0.390 e. The van der Waals surface area contributed by atoms with Crippen LogP contribution in [-0.2, 0) is 14.3 Å². The van der Waals surface area contributed by atoms with Gasteiger partial charge in [0.05, 0.1) is 0 Å². The fourth-order valence-electron chi connectivity index (χ4n) is 1.03. The van der Waals surface area contributed by atoms with E-state index in [4.69, 9.17) is 17.3 Å². The van der Waals surface area contributed by atoms with E-state index in [0.29, 0.717) is 5.02 Å². The Balaban J connectivity index is 2.70. The molecule has 1 aromatic carbocycles. The van der Waals surface area contributed by atoms with Crippen molar-refractivity contribution in [2.45, 2.75) is 19.1 Å². The summed E-state index contributed by atoms with van der Waals surface area (Å²) in [5.74, 6) is -1.95. The van der Waals surface area contributed by atoms with Crippen molar-refractivity contribution in [3.63, 3.8) is 0 Å². The zero-order valence-corrected chi connectivity index (χ0v) is 9.85. The van der Waals surface area contributed by atoms with Crippen LogP contribution in [0.2, 0.25) is 5.02 Å². The smallest absolute Gasteiger partial charge is 0.347 e. The van der Waals surface area contributed by atoms with Gasteiger partial charge in [0.15, 0.2) is 6.10 Å². The minimum atomic E-state index is -1.53. The van der Waals surface area contributed by atoms with Gasteiger partial charge in [-0.3, -0.25) is 0 Å². The third-order valence-corrected chi connectivity index (χ3v) is 2.23. The topological polar surface area (TPSA) is 89.6 Å². The summed E-state index contributed by atoms with van der Waals surface area (Å²) in [5, 5.41) is 10.1. The second-order valence-electron chi connectivity index (χ2n) is 3.48. The van der Waals surface area contributed by atoms with Crippen LogP contribution in [0.3, 0.4) is 0 Å². The van der Waals surface area contributed by atoms with Crippen LogP contribution in [0.25, 0.3) is 0 Å². The Labute approximate surface area is 103 Å². The number of rotatable bonds is 3. The SMILES string of the molecule is C[C@@H](N)C(=O)OC(=O)[C@@H](O)c1ccc(Cl)cc1. The van der Waals surface area contributed by atoms with E-state index in [-0.39, 0.29) is 5.56 Å². The summed E-state index contributed by atoms with van der Waals surface area (Å²) in [6, 6.07) is 5.04. The number of ether oxygens (including phenoxy) is 1. The molecule has 5 nitrogen and oxygen atoms in total. The number of carbonyl (C=O) groups is 2. The van der Waals surface area contributed by atoms with Crippen LogP contribution in [0.5, 0.6) is 0 Å². The fourth-order valence-corrected chi connectivity index (χ4v) is 1.16. The van der Waals surface area contributed by atoms with Crippen molar-refractivity contribution in [2.75, 3.05) is 0 Å². The highest BCUT2D eigenvalue weighted by Crippen LogP contribution is 2.17. The van der Waals surface area contributed by atoms with Crippen molar-refractivity contribution in [3.8, 4) is 0 Å². The van der Waals surface area contributed by atoms with Gasteiger partial charge in [-0.2, -0.15) is 0 Å². The third kappa shape index (κ3) is 3.81. The van der Waals surface area contributed by atoms with Gasteiger partial charge in [-0.1, -0.05) is 23.7 Å². The van der Waals surface area contributed by atoms with Crippen LogP contribution in [0.4, 0.5) is 0 Å². The van der Waals surface area contributed by atoms with Crippen LogP contribution in [-0.4, -0.2) is 23.1 Å². The van der Waals surface area contributed by atoms with Gasteiger partial charge in [-0.25, -0.2) is 9.59 Å². The zero-order valence-electron chi connectivity index (χ0n) is 9.09. The number of hydrogen-bond acceptors (Lipinski definition) is 5. The molecule has 0 aliphatic rings. The number of benzene rings is 1. The van der Waals surface area contributed by atoms with E-state index in [1.54, 1.807) is 0 Å². The van der Waals surface area contributed by atoms with Crippen LogP contribution in [0.1, 0.15) is 18.6 Å². The maximum atomic E-state index is 11.4. The van der Waals surface area contributed by atoms with Crippen molar-refractivity contribution >= 4 is 23.5 Å². The van der Waals surface area contributed by atoms with Crippen molar-refractivity contribution in [2.24, 2.45) is 5.73 Å². The van der Waals surface area contributed by atoms with Crippen molar-refractivity contribution in [1.29, 1.82) is 0 Å². The summed E-state index contributed by atoms with van der Waals surface area (Å²) in [6.07, 6.45) is -1.53. The molecule has 0 aliphatic carbocycles. The average molecular weight is 258 g/mol. The maximum Gasteiger partial charge on any atom is 0.347 e. The quantitative estimate of drug-likeness (QED) is 0.617. The highest BCUT2D eigenvalue weighted by atomic mass is 35.5. The van der Waals surface area contributed by atoms with E-state index in [2.05, 4.69) is 4.74 Å². The number of halogens is 1. The Bertz CT molecular complexity index is 416. The number of aliphatic hydroxyl groups is 1. The summed E-state index contributed by atoms with van der Waals surface area (Å²) in [7, 11) is 0. The minimum absolute atomic E-state index is 0.289. The monoisotopic (exact) mass is 257 g/mol. The molecule has 0 unspecified atom stereocenters. The molecule has 2 atom stereocenters. The first-order valence-electron chi connectivity index (χ1n) is 4.86. The lowest BCUT2D eigenvalue weighted by molar-refractivity contribution is -0.166. The number of carbonyl (C=O) groups excluding carboxylic acids is 2. The minimum Gasteiger partial charge on any atom is -0.390 e. The van der Waals surface area contributed by atoms with Crippen LogP contribution >= 0.6 is 11.6 Å². The van der Waals surface area contributed by atoms with Crippen LogP contribution < -0.4 is 5.73 Å². The molecule has 92 valence electrons. The lowest BCUT2D eigenvalue weighted by atomic mass is 10.1. The first-order chi connectivity index (χ1) is 7.91. The van der Waals surface area contributed by atoms with Crippen LogP contribution in [0.15, 0.2) is 24.3 Å². The first-order valence-corrected chi connectivity index (χ1v) is 5.24. The summed E-state index contributed by atoms with van der Waals surface area (Å²) in [6.45, 7) is 1.38. The summed E-state index contributed by atoms with van der Waals surface area (Å²) in [4.78, 5) is 22.4. The molecule has 0 spiro atoms. The number of esters is 2. The molecule has 6 heteroatoms. The molecule has 0 aliphatic heterocycles. The molecule has 0 bridgehead atoms. The van der Waals surface area contributed by atoms with Crippen LogP contribution in [0, 0.1) is 0 Å². The molecular formula is C11H12ClNO4. The van der Waals surface area contributed by atoms with Gasteiger partial charge in [-0.05, 0) is 24.6 Å². The summed E-state index contributed by atoms with van der Waals surface area (Å²) >= 11 is 5.65. The van der Waals surface area contributed by atoms with E-state index in [9.17, 15) is 14.7 Å². The van der Waals surface area contributed by atoms with Crippen molar-refractivity contribution in [1.82, 2.24) is 0 Å². The van der Waals surface area contributed by atoms with Gasteiger partial charge in [0.1, 0.15) is 6.04 Å². The summed E-state index contributed by atoms with van der Waals surface area (Å²) < 4.78 is 4.37. The predicted molar refractivity (Wildman–Crippen MR) is 61.2 cm³/mol. The van der Waals surface area contributed by atoms with Gasteiger partial charge in [0.25, 0.3) is 0 Å². The molecule has 0 saturated carbocycles. The Morgan fingerprint density at radius 2 is 1.82 bits per heavy atom. The standard InChI is InChI=1S/C11H12ClNO4/c1-6(13)10(15)17-11(16)9(14)7-2-4-8(12)5-3-7/h2-6,9,14H,13H2,1H3/t6-,9+/m1/s1. The first kappa shape index (κ1) is 13.6. The lowest BCUT2D eigenvalue weighted by Crippen LogP contribution is -2.32. The van der Waals surface area contributed by atoms with E-state index in [0.717, 1.165) is 0 Å². The normalized spacial score (nSPS) is 13.9. The van der Waals surface area contributed by atoms with Crippen molar-refractivity contribution < 1.29 is 19.4 Å².